The highest BCUT2D eigenvalue weighted by Gasteiger charge is 2.45. The van der Waals surface area contributed by atoms with E-state index in [0.717, 1.165) is 12.1 Å². The second-order valence-electron chi connectivity index (χ2n) is 7.99. The number of aliphatic hydroxyl groups is 1. The Hall–Kier alpha value is -3.52. The Bertz CT molecular complexity index is 1060. The van der Waals surface area contributed by atoms with E-state index in [9.17, 15) is 14.7 Å². The van der Waals surface area contributed by atoms with Crippen molar-refractivity contribution < 1.29 is 28.9 Å². The van der Waals surface area contributed by atoms with Crippen molar-refractivity contribution in [2.75, 3.05) is 41.1 Å². The summed E-state index contributed by atoms with van der Waals surface area (Å²) in [6.45, 7) is 1.25. The number of methoxy groups -OCH3 is 1. The summed E-state index contributed by atoms with van der Waals surface area (Å²) in [7, 11) is 5.48. The van der Waals surface area contributed by atoms with Crippen LogP contribution >= 0.6 is 0 Å². The second-order valence-corrected chi connectivity index (χ2v) is 7.99. The predicted molar refractivity (Wildman–Crippen MR) is 118 cm³/mol. The highest BCUT2D eigenvalue weighted by molar-refractivity contribution is 6.46. The summed E-state index contributed by atoms with van der Waals surface area (Å²) in [4.78, 5) is 29.6. The maximum absolute atomic E-state index is 13.1. The minimum atomic E-state index is -0.703. The average molecular weight is 438 g/mol. The van der Waals surface area contributed by atoms with Gasteiger partial charge in [0.15, 0.2) is 11.5 Å². The third-order valence-electron chi connectivity index (χ3n) is 5.62. The Labute approximate surface area is 186 Å². The van der Waals surface area contributed by atoms with Crippen molar-refractivity contribution >= 4 is 17.4 Å². The molecule has 0 saturated carbocycles. The fourth-order valence-corrected chi connectivity index (χ4v) is 4.00. The number of carbonyl (C=O) groups excluding carboxylic acids is 2. The van der Waals surface area contributed by atoms with Gasteiger partial charge < -0.3 is 29.1 Å². The number of fused-ring (bicyclic) bond motifs is 1. The second kappa shape index (κ2) is 8.92. The van der Waals surface area contributed by atoms with Gasteiger partial charge in [-0.3, -0.25) is 9.59 Å². The van der Waals surface area contributed by atoms with Gasteiger partial charge in [0.1, 0.15) is 11.5 Å². The normalized spacial score (nSPS) is 19.1. The summed E-state index contributed by atoms with van der Waals surface area (Å²) < 4.78 is 16.0. The van der Waals surface area contributed by atoms with Gasteiger partial charge in [-0.15, -0.1) is 0 Å². The van der Waals surface area contributed by atoms with Crippen LogP contribution in [0.1, 0.15) is 23.6 Å². The number of benzene rings is 2. The van der Waals surface area contributed by atoms with E-state index in [2.05, 4.69) is 0 Å². The van der Waals surface area contributed by atoms with E-state index in [1.54, 1.807) is 49.6 Å². The van der Waals surface area contributed by atoms with Gasteiger partial charge in [0.2, 0.25) is 6.79 Å². The first-order chi connectivity index (χ1) is 15.4. The molecule has 2 heterocycles. The van der Waals surface area contributed by atoms with Crippen molar-refractivity contribution in [3.63, 3.8) is 0 Å². The standard InChI is InChI=1S/C24H26N2O6/c1-25(2)11-4-12-26-21(15-5-8-17(30-3)9-6-15)20(23(28)24(26)29)22(27)16-7-10-18-19(13-16)32-14-31-18/h5-10,13,21,27H,4,11-12,14H2,1-3H3/b22-20-. The van der Waals surface area contributed by atoms with Crippen LogP contribution in [0, 0.1) is 0 Å². The SMILES string of the molecule is COc1ccc(C2/C(=C(/O)c3ccc4c(c3)OCO4)C(=O)C(=O)N2CCCN(C)C)cc1. The third kappa shape index (κ3) is 4.01. The summed E-state index contributed by atoms with van der Waals surface area (Å²) in [5.41, 5.74) is 1.17. The number of aliphatic hydroxyl groups excluding tert-OH is 1. The Morgan fingerprint density at radius 1 is 1.12 bits per heavy atom. The van der Waals surface area contributed by atoms with E-state index in [4.69, 9.17) is 14.2 Å². The van der Waals surface area contributed by atoms with Gasteiger partial charge in [-0.05, 0) is 63.0 Å². The van der Waals surface area contributed by atoms with Crippen molar-refractivity contribution in [3.8, 4) is 17.2 Å². The molecule has 4 rings (SSSR count). The van der Waals surface area contributed by atoms with Crippen LogP contribution in [-0.4, -0.2) is 67.7 Å². The Morgan fingerprint density at radius 2 is 1.84 bits per heavy atom. The molecule has 8 heteroatoms. The van der Waals surface area contributed by atoms with Crippen LogP contribution in [0.3, 0.4) is 0 Å². The molecule has 0 aliphatic carbocycles. The summed E-state index contributed by atoms with van der Waals surface area (Å²) in [6.07, 6.45) is 0.691. The number of rotatable bonds is 7. The van der Waals surface area contributed by atoms with E-state index in [-0.39, 0.29) is 18.1 Å². The molecule has 1 saturated heterocycles. The number of likely N-dealkylation sites (tertiary alicyclic amines) is 1. The lowest BCUT2D eigenvalue weighted by molar-refractivity contribution is -0.139. The molecule has 2 aromatic carbocycles. The fraction of sp³-hybridized carbons (Fsp3) is 0.333. The Balaban J connectivity index is 1.77. The predicted octanol–water partition coefficient (Wildman–Crippen LogP) is 2.80. The van der Waals surface area contributed by atoms with Crippen LogP contribution in [0.2, 0.25) is 0 Å². The van der Waals surface area contributed by atoms with Gasteiger partial charge >= 0.3 is 0 Å². The molecule has 0 aromatic heterocycles. The molecule has 168 valence electrons. The van der Waals surface area contributed by atoms with Crippen molar-refractivity contribution in [1.82, 2.24) is 9.80 Å². The van der Waals surface area contributed by atoms with E-state index < -0.39 is 17.7 Å². The molecule has 2 aromatic rings. The van der Waals surface area contributed by atoms with Crippen LogP contribution < -0.4 is 14.2 Å². The van der Waals surface area contributed by atoms with Crippen LogP contribution in [0.4, 0.5) is 0 Å². The van der Waals surface area contributed by atoms with Gasteiger partial charge in [0.25, 0.3) is 11.7 Å². The molecule has 0 radical (unpaired) electrons. The number of hydrogen-bond acceptors (Lipinski definition) is 7. The molecule has 8 nitrogen and oxygen atoms in total. The van der Waals surface area contributed by atoms with Crippen molar-refractivity contribution in [1.29, 1.82) is 0 Å². The third-order valence-corrected chi connectivity index (χ3v) is 5.62. The molecule has 1 unspecified atom stereocenters. The lowest BCUT2D eigenvalue weighted by Gasteiger charge is -2.26. The van der Waals surface area contributed by atoms with E-state index >= 15 is 0 Å². The molecule has 1 fully saturated rings. The lowest BCUT2D eigenvalue weighted by atomic mass is 9.95. The minimum absolute atomic E-state index is 0.0592. The van der Waals surface area contributed by atoms with Crippen LogP contribution in [0.15, 0.2) is 48.0 Å². The van der Waals surface area contributed by atoms with Gasteiger partial charge in [-0.2, -0.15) is 0 Å². The first kappa shape index (κ1) is 21.7. The molecule has 2 aliphatic heterocycles. The summed E-state index contributed by atoms with van der Waals surface area (Å²) >= 11 is 0. The molecule has 1 amide bonds. The minimum Gasteiger partial charge on any atom is -0.507 e. The van der Waals surface area contributed by atoms with Crippen molar-refractivity contribution in [2.24, 2.45) is 0 Å². The van der Waals surface area contributed by atoms with Gasteiger partial charge in [0, 0.05) is 12.1 Å². The molecule has 2 aliphatic rings. The first-order valence-electron chi connectivity index (χ1n) is 10.4. The van der Waals surface area contributed by atoms with E-state index in [0.29, 0.717) is 35.8 Å². The molecule has 0 bridgehead atoms. The topological polar surface area (TPSA) is 88.5 Å². The van der Waals surface area contributed by atoms with Crippen molar-refractivity contribution in [3.05, 3.63) is 59.2 Å². The number of hydrogen-bond donors (Lipinski definition) is 1. The number of carbonyl (C=O) groups is 2. The van der Waals surface area contributed by atoms with Crippen LogP contribution in [0.25, 0.3) is 5.76 Å². The zero-order chi connectivity index (χ0) is 22.8. The Kier molecular flexibility index (Phi) is 6.05. The van der Waals surface area contributed by atoms with Gasteiger partial charge in [-0.25, -0.2) is 0 Å². The van der Waals surface area contributed by atoms with Crippen LogP contribution in [-0.2, 0) is 9.59 Å². The molecule has 32 heavy (non-hydrogen) atoms. The molecule has 1 atom stereocenters. The number of ketones is 1. The number of nitrogens with zero attached hydrogens (tertiary/aromatic N) is 2. The summed E-state index contributed by atoms with van der Waals surface area (Å²) in [5, 5.41) is 11.2. The number of Topliss-reactive ketones (excluding diaryl/α,β-unsaturated/α-hetero) is 1. The zero-order valence-electron chi connectivity index (χ0n) is 18.3. The molecule has 0 spiro atoms. The lowest BCUT2D eigenvalue weighted by Crippen LogP contribution is -2.32. The maximum atomic E-state index is 13.1. The first-order valence-corrected chi connectivity index (χ1v) is 10.4. The Morgan fingerprint density at radius 3 is 2.53 bits per heavy atom. The highest BCUT2D eigenvalue weighted by atomic mass is 16.7. The largest absolute Gasteiger partial charge is 0.507 e. The molecule has 1 N–H and O–H groups in total. The highest BCUT2D eigenvalue weighted by Crippen LogP contribution is 2.41. The quantitative estimate of drug-likeness (QED) is 0.404. The van der Waals surface area contributed by atoms with Gasteiger partial charge in [-0.1, -0.05) is 12.1 Å². The maximum Gasteiger partial charge on any atom is 0.295 e. The average Bonchev–Trinajstić information content (AvgIpc) is 3.36. The monoisotopic (exact) mass is 438 g/mol. The smallest absolute Gasteiger partial charge is 0.295 e. The zero-order valence-corrected chi connectivity index (χ0v) is 18.3. The molecular weight excluding hydrogens is 412 g/mol. The number of ether oxygens (including phenoxy) is 3. The summed E-state index contributed by atoms with van der Waals surface area (Å²) in [6, 6.07) is 11.4. The molecular formula is C24H26N2O6. The van der Waals surface area contributed by atoms with Gasteiger partial charge in [0.05, 0.1) is 18.7 Å². The van der Waals surface area contributed by atoms with E-state index in [1.807, 2.05) is 19.0 Å². The summed E-state index contributed by atoms with van der Waals surface area (Å²) in [5.74, 6) is 0.150. The van der Waals surface area contributed by atoms with Crippen LogP contribution in [0.5, 0.6) is 17.2 Å². The number of amides is 1. The van der Waals surface area contributed by atoms with E-state index in [1.165, 1.54) is 4.90 Å². The van der Waals surface area contributed by atoms with Crippen molar-refractivity contribution in [2.45, 2.75) is 12.5 Å². The fourth-order valence-electron chi connectivity index (χ4n) is 4.00.